The molecule has 1 unspecified atom stereocenters. The number of morpholine rings is 1. The van der Waals surface area contributed by atoms with E-state index in [4.69, 9.17) is 9.26 Å². The highest BCUT2D eigenvalue weighted by Crippen LogP contribution is 2.17. The highest BCUT2D eigenvalue weighted by atomic mass is 16.5. The Hall–Kier alpha value is -1.66. The maximum atomic E-state index is 5.82. The molecule has 6 heteroatoms. The van der Waals surface area contributed by atoms with Crippen molar-refractivity contribution in [2.24, 2.45) is 0 Å². The lowest BCUT2D eigenvalue weighted by Gasteiger charge is -2.32. The monoisotopic (exact) mass is 276 g/mol. The minimum absolute atomic E-state index is 0.184. The van der Waals surface area contributed by atoms with Crippen molar-refractivity contribution in [2.75, 3.05) is 19.7 Å². The Morgan fingerprint density at radius 1 is 1.40 bits per heavy atom. The van der Waals surface area contributed by atoms with Gasteiger partial charge in [-0.15, -0.1) is 0 Å². The summed E-state index contributed by atoms with van der Waals surface area (Å²) in [6.07, 6.45) is 3.95. The fourth-order valence-electron chi connectivity index (χ4n) is 2.60. The third kappa shape index (κ3) is 2.91. The molecule has 2 aromatic rings. The fourth-order valence-corrected chi connectivity index (χ4v) is 2.60. The Morgan fingerprint density at radius 3 is 3.00 bits per heavy atom. The zero-order chi connectivity index (χ0) is 13.9. The molecule has 2 aromatic heterocycles. The van der Waals surface area contributed by atoms with Gasteiger partial charge in [-0.3, -0.25) is 9.58 Å². The summed E-state index contributed by atoms with van der Waals surface area (Å²) in [5.74, 6) is 0.914. The van der Waals surface area contributed by atoms with E-state index in [9.17, 15) is 0 Å². The molecule has 0 spiro atoms. The second-order valence-corrected chi connectivity index (χ2v) is 5.26. The van der Waals surface area contributed by atoms with Crippen molar-refractivity contribution in [2.45, 2.75) is 33.0 Å². The number of nitrogens with zero attached hydrogens (tertiary/aromatic N) is 4. The van der Waals surface area contributed by atoms with E-state index in [1.165, 1.54) is 5.56 Å². The lowest BCUT2D eigenvalue weighted by molar-refractivity contribution is -0.0403. The number of aryl methyl sites for hydroxylation is 2. The van der Waals surface area contributed by atoms with Crippen LogP contribution < -0.4 is 0 Å². The Kier molecular flexibility index (Phi) is 3.84. The summed E-state index contributed by atoms with van der Waals surface area (Å²) in [4.78, 5) is 2.39. The van der Waals surface area contributed by atoms with Crippen LogP contribution in [0.15, 0.2) is 23.0 Å². The van der Waals surface area contributed by atoms with E-state index in [0.717, 1.165) is 44.2 Å². The van der Waals surface area contributed by atoms with Crippen LogP contribution in [0.3, 0.4) is 0 Å². The van der Waals surface area contributed by atoms with E-state index in [0.29, 0.717) is 0 Å². The number of hydrogen-bond donors (Lipinski definition) is 0. The number of aromatic nitrogens is 3. The van der Waals surface area contributed by atoms with E-state index >= 15 is 0 Å². The molecule has 0 amide bonds. The van der Waals surface area contributed by atoms with E-state index in [-0.39, 0.29) is 6.10 Å². The predicted molar refractivity (Wildman–Crippen MR) is 73.2 cm³/mol. The minimum Gasteiger partial charge on any atom is -0.374 e. The SMILES string of the molecule is Cc1noc(C)c1CN1CCOC(Cn2cccn2)C1. The first-order chi connectivity index (χ1) is 9.72. The molecule has 1 aliphatic heterocycles. The zero-order valence-corrected chi connectivity index (χ0v) is 12.0. The Morgan fingerprint density at radius 2 is 2.30 bits per heavy atom. The number of hydrogen-bond acceptors (Lipinski definition) is 5. The van der Waals surface area contributed by atoms with Crippen LogP contribution in [0, 0.1) is 13.8 Å². The van der Waals surface area contributed by atoms with Gasteiger partial charge in [-0.1, -0.05) is 5.16 Å². The van der Waals surface area contributed by atoms with Gasteiger partial charge in [0.1, 0.15) is 5.76 Å². The summed E-state index contributed by atoms with van der Waals surface area (Å²) >= 11 is 0. The molecule has 1 saturated heterocycles. The lowest BCUT2D eigenvalue weighted by atomic mass is 10.1. The molecule has 0 radical (unpaired) electrons. The van der Waals surface area contributed by atoms with Gasteiger partial charge in [0.2, 0.25) is 0 Å². The van der Waals surface area contributed by atoms with Gasteiger partial charge in [0.25, 0.3) is 0 Å². The second-order valence-electron chi connectivity index (χ2n) is 5.26. The molecule has 0 bridgehead atoms. The topological polar surface area (TPSA) is 56.3 Å². The van der Waals surface area contributed by atoms with Crippen molar-refractivity contribution >= 4 is 0 Å². The maximum absolute atomic E-state index is 5.82. The van der Waals surface area contributed by atoms with Gasteiger partial charge in [-0.25, -0.2) is 0 Å². The maximum Gasteiger partial charge on any atom is 0.138 e. The summed E-state index contributed by atoms with van der Waals surface area (Å²) in [5, 5.41) is 8.25. The Labute approximate surface area is 118 Å². The molecule has 0 aliphatic carbocycles. The second kappa shape index (κ2) is 5.76. The van der Waals surface area contributed by atoms with Crippen molar-refractivity contribution in [3.05, 3.63) is 35.5 Å². The summed E-state index contributed by atoms with van der Waals surface area (Å²) in [6.45, 7) is 8.24. The van der Waals surface area contributed by atoms with Crippen LogP contribution in [0.25, 0.3) is 0 Å². The van der Waals surface area contributed by atoms with Gasteiger partial charge in [-0.05, 0) is 19.9 Å². The summed E-state index contributed by atoms with van der Waals surface area (Å²) in [6, 6.07) is 1.93. The molecule has 1 atom stereocenters. The van der Waals surface area contributed by atoms with Crippen molar-refractivity contribution in [3.8, 4) is 0 Å². The van der Waals surface area contributed by atoms with Crippen molar-refractivity contribution in [3.63, 3.8) is 0 Å². The average molecular weight is 276 g/mol. The minimum atomic E-state index is 0.184. The van der Waals surface area contributed by atoms with Crippen LogP contribution in [0.4, 0.5) is 0 Å². The number of ether oxygens (including phenoxy) is 1. The fraction of sp³-hybridized carbons (Fsp3) is 0.571. The first-order valence-electron chi connectivity index (χ1n) is 6.95. The molecule has 0 saturated carbocycles. The molecular formula is C14H20N4O2. The van der Waals surface area contributed by atoms with Crippen LogP contribution in [-0.4, -0.2) is 45.6 Å². The molecule has 1 aliphatic rings. The smallest absolute Gasteiger partial charge is 0.138 e. The summed E-state index contributed by atoms with van der Waals surface area (Å²) in [5.41, 5.74) is 2.18. The first kappa shape index (κ1) is 13.3. The molecule has 0 N–H and O–H groups in total. The third-order valence-electron chi connectivity index (χ3n) is 3.74. The van der Waals surface area contributed by atoms with E-state index in [1.54, 1.807) is 6.20 Å². The van der Waals surface area contributed by atoms with E-state index in [1.807, 2.05) is 30.8 Å². The molecule has 20 heavy (non-hydrogen) atoms. The first-order valence-corrected chi connectivity index (χ1v) is 6.95. The van der Waals surface area contributed by atoms with Gasteiger partial charge in [0.05, 0.1) is 24.9 Å². The average Bonchev–Trinajstić information content (AvgIpc) is 3.04. The standard InChI is InChI=1S/C14H20N4O2/c1-11-14(12(2)20-16-11)10-17-6-7-19-13(8-17)9-18-5-3-4-15-18/h3-5,13H,6-10H2,1-2H3. The molecule has 0 aromatic carbocycles. The van der Waals surface area contributed by atoms with Crippen LogP contribution in [-0.2, 0) is 17.8 Å². The Bertz CT molecular complexity index is 530. The van der Waals surface area contributed by atoms with Gasteiger partial charge < -0.3 is 9.26 Å². The summed E-state index contributed by atoms with van der Waals surface area (Å²) in [7, 11) is 0. The van der Waals surface area contributed by atoms with Gasteiger partial charge in [0, 0.05) is 37.6 Å². The number of rotatable bonds is 4. The molecule has 108 valence electrons. The normalized spacial score (nSPS) is 20.4. The van der Waals surface area contributed by atoms with E-state index < -0.39 is 0 Å². The molecule has 3 heterocycles. The van der Waals surface area contributed by atoms with Gasteiger partial charge in [0.15, 0.2) is 0 Å². The largest absolute Gasteiger partial charge is 0.374 e. The van der Waals surface area contributed by atoms with Gasteiger partial charge >= 0.3 is 0 Å². The van der Waals surface area contributed by atoms with Crippen molar-refractivity contribution in [1.29, 1.82) is 0 Å². The van der Waals surface area contributed by atoms with Crippen LogP contribution in [0.1, 0.15) is 17.0 Å². The quantitative estimate of drug-likeness (QED) is 0.844. The Balaban J connectivity index is 1.60. The van der Waals surface area contributed by atoms with Gasteiger partial charge in [-0.2, -0.15) is 5.10 Å². The van der Waals surface area contributed by atoms with Crippen molar-refractivity contribution in [1.82, 2.24) is 19.8 Å². The van der Waals surface area contributed by atoms with Crippen molar-refractivity contribution < 1.29 is 9.26 Å². The molecule has 6 nitrogen and oxygen atoms in total. The molecule has 3 rings (SSSR count). The zero-order valence-electron chi connectivity index (χ0n) is 12.0. The highest BCUT2D eigenvalue weighted by molar-refractivity contribution is 5.20. The molecular weight excluding hydrogens is 256 g/mol. The van der Waals surface area contributed by atoms with Crippen LogP contribution in [0.2, 0.25) is 0 Å². The molecule has 1 fully saturated rings. The van der Waals surface area contributed by atoms with Crippen LogP contribution >= 0.6 is 0 Å². The van der Waals surface area contributed by atoms with Crippen LogP contribution in [0.5, 0.6) is 0 Å². The highest BCUT2D eigenvalue weighted by Gasteiger charge is 2.23. The lowest BCUT2D eigenvalue weighted by Crippen LogP contribution is -2.43. The predicted octanol–water partition coefficient (Wildman–Crippen LogP) is 1.39. The third-order valence-corrected chi connectivity index (χ3v) is 3.74. The summed E-state index contributed by atoms with van der Waals surface area (Å²) < 4.78 is 13.0. The van der Waals surface area contributed by atoms with E-state index in [2.05, 4.69) is 15.2 Å².